The molecule has 206 valence electrons. The first-order valence-corrected chi connectivity index (χ1v) is 14.3. The number of aliphatic imine (C=N–C) groups is 1. The van der Waals surface area contributed by atoms with Crippen LogP contribution in [0, 0.1) is 28.4 Å². The minimum Gasteiger partial charge on any atom is -0.455 e. The van der Waals surface area contributed by atoms with Gasteiger partial charge in [-0.15, -0.1) is 11.3 Å². The van der Waals surface area contributed by atoms with Crippen LogP contribution in [0.4, 0.5) is 16.4 Å². The minimum atomic E-state index is -0.399. The molecule has 0 aliphatic heterocycles. The number of anilines is 1. The summed E-state index contributed by atoms with van der Waals surface area (Å²) >= 11 is 7.57. The SMILES string of the molecule is Cc1ccc(-c2ccc(C=Nc3sc4c(c3C(=O)Nc3ccc(Cl)cc3)CC[C@H](C(C)(C)C)C4)o2)cc1[N+](=O)[O-]. The van der Waals surface area contributed by atoms with E-state index in [4.69, 9.17) is 21.0 Å². The fourth-order valence-electron chi connectivity index (χ4n) is 5.02. The Hall–Kier alpha value is -3.75. The molecule has 1 aliphatic carbocycles. The third-order valence-corrected chi connectivity index (χ3v) is 8.84. The lowest BCUT2D eigenvalue weighted by Crippen LogP contribution is -2.27. The Labute approximate surface area is 242 Å². The number of amides is 1. The number of nitrogens with one attached hydrogen (secondary N) is 1. The lowest BCUT2D eigenvalue weighted by atomic mass is 9.72. The third-order valence-electron chi connectivity index (χ3n) is 7.43. The highest BCUT2D eigenvalue weighted by Crippen LogP contribution is 2.45. The molecular weight excluding hydrogens is 546 g/mol. The summed E-state index contributed by atoms with van der Waals surface area (Å²) in [5.74, 6) is 1.31. The van der Waals surface area contributed by atoms with Crippen molar-refractivity contribution in [1.82, 2.24) is 0 Å². The molecule has 1 N–H and O–H groups in total. The molecule has 40 heavy (non-hydrogen) atoms. The van der Waals surface area contributed by atoms with Crippen molar-refractivity contribution in [3.63, 3.8) is 0 Å². The highest BCUT2D eigenvalue weighted by molar-refractivity contribution is 7.16. The van der Waals surface area contributed by atoms with Crippen molar-refractivity contribution in [3.8, 4) is 11.3 Å². The summed E-state index contributed by atoms with van der Waals surface area (Å²) < 4.78 is 5.96. The molecular formula is C31H30ClN3O4S. The number of rotatable bonds is 6. The zero-order valence-corrected chi connectivity index (χ0v) is 24.4. The number of thiophene rings is 1. The van der Waals surface area contributed by atoms with Crippen LogP contribution < -0.4 is 5.32 Å². The predicted octanol–water partition coefficient (Wildman–Crippen LogP) is 9.03. The monoisotopic (exact) mass is 575 g/mol. The summed E-state index contributed by atoms with van der Waals surface area (Å²) in [6.45, 7) is 8.50. The number of carbonyl (C=O) groups excluding carboxylic acids is 1. The second kappa shape index (κ2) is 11.0. The summed E-state index contributed by atoms with van der Waals surface area (Å²) in [4.78, 5) is 30.4. The molecule has 0 saturated carbocycles. The Morgan fingerprint density at radius 3 is 2.62 bits per heavy atom. The number of halogens is 1. The summed E-state index contributed by atoms with van der Waals surface area (Å²) in [5, 5.41) is 15.6. The molecule has 0 bridgehead atoms. The average molecular weight is 576 g/mol. The molecule has 1 amide bonds. The minimum absolute atomic E-state index is 0.0400. The van der Waals surface area contributed by atoms with E-state index in [0.717, 1.165) is 24.8 Å². The largest absolute Gasteiger partial charge is 0.455 e. The zero-order chi connectivity index (χ0) is 28.6. The number of aryl methyl sites for hydroxylation is 1. The van der Waals surface area contributed by atoms with Crippen molar-refractivity contribution in [2.45, 2.75) is 47.0 Å². The number of fused-ring (bicyclic) bond motifs is 1. The molecule has 9 heteroatoms. The standard InChI is InChI=1S/C31H30ClN3O4S/c1-18-5-6-19(15-25(18)35(37)38)26-14-12-23(39-26)17-33-30-28(29(36)34-22-10-8-21(32)9-11-22)24-13-7-20(31(2,3)4)16-27(24)40-30/h5-6,8-12,14-15,17,20H,7,13,16H2,1-4H3,(H,34,36)/t20-/m0/s1. The number of nitro benzene ring substituents is 1. The molecule has 5 rings (SSSR count). The van der Waals surface area contributed by atoms with Crippen molar-refractivity contribution < 1.29 is 14.1 Å². The maximum atomic E-state index is 13.6. The predicted molar refractivity (Wildman–Crippen MR) is 161 cm³/mol. The lowest BCUT2D eigenvalue weighted by Gasteiger charge is -2.33. The summed E-state index contributed by atoms with van der Waals surface area (Å²) in [6.07, 6.45) is 4.35. The topological polar surface area (TPSA) is 97.7 Å². The fourth-order valence-corrected chi connectivity index (χ4v) is 6.42. The van der Waals surface area contributed by atoms with Crippen LogP contribution in [0.1, 0.15) is 59.3 Å². The lowest BCUT2D eigenvalue weighted by molar-refractivity contribution is -0.385. The van der Waals surface area contributed by atoms with E-state index in [9.17, 15) is 14.9 Å². The second-order valence-electron chi connectivity index (χ2n) is 11.2. The molecule has 2 heterocycles. The van der Waals surface area contributed by atoms with Crippen molar-refractivity contribution >= 4 is 51.4 Å². The summed E-state index contributed by atoms with van der Waals surface area (Å²) in [6, 6.07) is 15.6. The van der Waals surface area contributed by atoms with Crippen LogP contribution in [-0.4, -0.2) is 17.0 Å². The first-order chi connectivity index (χ1) is 19.0. The quantitative estimate of drug-likeness (QED) is 0.141. The number of carbonyl (C=O) groups is 1. The van der Waals surface area contributed by atoms with Gasteiger partial charge in [-0.3, -0.25) is 14.9 Å². The van der Waals surface area contributed by atoms with E-state index in [1.165, 1.54) is 10.9 Å². The average Bonchev–Trinajstić information content (AvgIpc) is 3.52. The van der Waals surface area contributed by atoms with Crippen LogP contribution in [-0.2, 0) is 12.8 Å². The number of benzene rings is 2. The van der Waals surface area contributed by atoms with Crippen molar-refractivity contribution in [2.24, 2.45) is 16.3 Å². The van der Waals surface area contributed by atoms with Gasteiger partial charge in [0.2, 0.25) is 0 Å². The van der Waals surface area contributed by atoms with E-state index in [1.807, 2.05) is 0 Å². The number of hydrogen-bond acceptors (Lipinski definition) is 6. The van der Waals surface area contributed by atoms with Gasteiger partial charge in [-0.1, -0.05) is 44.5 Å². The van der Waals surface area contributed by atoms with E-state index in [1.54, 1.807) is 73.0 Å². The van der Waals surface area contributed by atoms with Crippen LogP contribution in [0.2, 0.25) is 5.02 Å². The van der Waals surface area contributed by atoms with E-state index < -0.39 is 4.92 Å². The number of nitro groups is 1. The van der Waals surface area contributed by atoms with Gasteiger partial charge in [0.25, 0.3) is 11.6 Å². The molecule has 0 spiro atoms. The van der Waals surface area contributed by atoms with E-state index in [0.29, 0.717) is 49.8 Å². The van der Waals surface area contributed by atoms with E-state index >= 15 is 0 Å². The van der Waals surface area contributed by atoms with Gasteiger partial charge in [0.1, 0.15) is 16.5 Å². The smallest absolute Gasteiger partial charge is 0.273 e. The number of hydrogen-bond donors (Lipinski definition) is 1. The van der Waals surface area contributed by atoms with Gasteiger partial charge in [-0.2, -0.15) is 0 Å². The number of nitrogens with zero attached hydrogens (tertiary/aromatic N) is 2. The van der Waals surface area contributed by atoms with Crippen molar-refractivity contribution in [1.29, 1.82) is 0 Å². The molecule has 0 unspecified atom stereocenters. The first kappa shape index (κ1) is 27.8. The Balaban J connectivity index is 1.46. The zero-order valence-electron chi connectivity index (χ0n) is 22.8. The third kappa shape index (κ3) is 5.88. The molecule has 4 aromatic rings. The highest BCUT2D eigenvalue weighted by Gasteiger charge is 2.33. The van der Waals surface area contributed by atoms with Crippen LogP contribution in [0.5, 0.6) is 0 Å². The molecule has 7 nitrogen and oxygen atoms in total. The van der Waals surface area contributed by atoms with Gasteiger partial charge in [0.05, 0.1) is 16.7 Å². The maximum absolute atomic E-state index is 13.6. The Kier molecular flexibility index (Phi) is 7.66. The maximum Gasteiger partial charge on any atom is 0.273 e. The normalized spacial score (nSPS) is 15.3. The van der Waals surface area contributed by atoms with Crippen molar-refractivity contribution in [3.05, 3.63) is 97.1 Å². The highest BCUT2D eigenvalue weighted by atomic mass is 35.5. The van der Waals surface area contributed by atoms with Gasteiger partial charge in [0, 0.05) is 32.8 Å². The van der Waals surface area contributed by atoms with Crippen LogP contribution in [0.25, 0.3) is 11.3 Å². The first-order valence-electron chi connectivity index (χ1n) is 13.1. The summed E-state index contributed by atoms with van der Waals surface area (Å²) in [5.41, 5.74) is 3.73. The molecule has 0 fully saturated rings. The second-order valence-corrected chi connectivity index (χ2v) is 12.7. The molecule has 0 saturated heterocycles. The van der Waals surface area contributed by atoms with Crippen LogP contribution in [0.3, 0.4) is 0 Å². The molecule has 2 aromatic heterocycles. The van der Waals surface area contributed by atoms with Gasteiger partial charge < -0.3 is 9.73 Å². The van der Waals surface area contributed by atoms with Gasteiger partial charge in [-0.05, 0) is 79.5 Å². The molecule has 0 radical (unpaired) electrons. The summed E-state index contributed by atoms with van der Waals surface area (Å²) in [7, 11) is 0. The Morgan fingerprint density at radius 2 is 1.93 bits per heavy atom. The van der Waals surface area contributed by atoms with Crippen molar-refractivity contribution in [2.75, 3.05) is 5.32 Å². The van der Waals surface area contributed by atoms with Gasteiger partial charge in [-0.25, -0.2) is 4.99 Å². The Bertz CT molecular complexity index is 1610. The number of furan rings is 1. The fraction of sp³-hybridized carbons (Fsp3) is 0.290. The van der Waals surface area contributed by atoms with Gasteiger partial charge in [0.15, 0.2) is 0 Å². The molecule has 1 atom stereocenters. The van der Waals surface area contributed by atoms with Crippen LogP contribution in [0.15, 0.2) is 64.0 Å². The molecule has 2 aromatic carbocycles. The molecule has 1 aliphatic rings. The van der Waals surface area contributed by atoms with Crippen LogP contribution >= 0.6 is 22.9 Å². The Morgan fingerprint density at radius 1 is 1.18 bits per heavy atom. The van der Waals surface area contributed by atoms with Gasteiger partial charge >= 0.3 is 0 Å². The van der Waals surface area contributed by atoms with E-state index in [2.05, 4.69) is 26.1 Å². The van der Waals surface area contributed by atoms with E-state index in [-0.39, 0.29) is 17.0 Å².